The molecule has 1 heterocycles. The number of amides is 1. The zero-order valence-electron chi connectivity index (χ0n) is 11.7. The summed E-state index contributed by atoms with van der Waals surface area (Å²) in [5, 5.41) is 3.23. The van der Waals surface area contributed by atoms with Gasteiger partial charge in [-0.2, -0.15) is 0 Å². The van der Waals surface area contributed by atoms with E-state index in [4.69, 9.17) is 16.3 Å². The van der Waals surface area contributed by atoms with Gasteiger partial charge < -0.3 is 10.1 Å². The summed E-state index contributed by atoms with van der Waals surface area (Å²) in [5.41, 5.74) is 1.40. The fourth-order valence-electron chi connectivity index (χ4n) is 1.62. The quantitative estimate of drug-likeness (QED) is 0.618. The van der Waals surface area contributed by atoms with Crippen LogP contribution in [0.1, 0.15) is 48.7 Å². The molecular weight excluding hydrogens is 264 g/mol. The Balaban J connectivity index is 2.56. The molecule has 1 rings (SSSR count). The number of carbonyl (C=O) groups excluding carboxylic acids is 1. The highest BCUT2D eigenvalue weighted by Gasteiger charge is 2.10. The highest BCUT2D eigenvalue weighted by molar-refractivity contribution is 6.29. The zero-order valence-corrected chi connectivity index (χ0v) is 12.5. The first kappa shape index (κ1) is 15.9. The van der Waals surface area contributed by atoms with Gasteiger partial charge in [0.25, 0.3) is 5.91 Å². The molecule has 0 radical (unpaired) electrons. The second kappa shape index (κ2) is 8.12. The predicted octanol–water partition coefficient (Wildman–Crippen LogP) is 3.01. The molecule has 1 amide bonds. The van der Waals surface area contributed by atoms with Gasteiger partial charge in [0.1, 0.15) is 5.15 Å². The van der Waals surface area contributed by atoms with E-state index in [0.29, 0.717) is 23.9 Å². The molecule has 0 saturated heterocycles. The maximum atomic E-state index is 12.0. The summed E-state index contributed by atoms with van der Waals surface area (Å²) >= 11 is 5.93. The first-order chi connectivity index (χ1) is 9.04. The Kier molecular flexibility index (Phi) is 6.81. The Bertz CT molecular complexity index is 422. The molecule has 1 N–H and O–H groups in total. The van der Waals surface area contributed by atoms with Crippen molar-refractivity contribution in [3.8, 4) is 0 Å². The zero-order chi connectivity index (χ0) is 14.3. The Labute approximate surface area is 119 Å². The number of nitrogens with zero attached hydrogens (tertiary/aromatic N) is 1. The van der Waals surface area contributed by atoms with Crippen molar-refractivity contribution in [2.75, 3.05) is 20.3 Å². The number of ether oxygens (including phenoxy) is 1. The van der Waals surface area contributed by atoms with Gasteiger partial charge in [-0.1, -0.05) is 25.4 Å². The van der Waals surface area contributed by atoms with Crippen molar-refractivity contribution in [2.45, 2.75) is 32.6 Å². The highest BCUT2D eigenvalue weighted by atomic mass is 35.5. The van der Waals surface area contributed by atoms with Gasteiger partial charge in [0.15, 0.2) is 0 Å². The van der Waals surface area contributed by atoms with Crippen molar-refractivity contribution >= 4 is 17.5 Å². The van der Waals surface area contributed by atoms with Gasteiger partial charge >= 0.3 is 0 Å². The van der Waals surface area contributed by atoms with E-state index >= 15 is 0 Å². The third kappa shape index (κ3) is 5.57. The number of nitrogens with one attached hydrogen (secondary N) is 1. The lowest BCUT2D eigenvalue weighted by molar-refractivity contribution is 0.0951. The molecule has 4 nitrogen and oxygen atoms in total. The molecule has 0 aliphatic rings. The number of pyridine rings is 1. The van der Waals surface area contributed by atoms with Gasteiger partial charge in [-0.25, -0.2) is 4.98 Å². The second-order valence-corrected chi connectivity index (χ2v) is 5.10. The SMILES string of the molecule is COCCCCNC(=O)c1cc(Cl)nc(C(C)C)c1. The minimum absolute atomic E-state index is 0.108. The summed E-state index contributed by atoms with van der Waals surface area (Å²) in [6, 6.07) is 3.39. The molecule has 0 bridgehead atoms. The normalized spacial score (nSPS) is 10.8. The Morgan fingerprint density at radius 3 is 2.79 bits per heavy atom. The highest BCUT2D eigenvalue weighted by Crippen LogP contribution is 2.17. The Hall–Kier alpha value is -1.13. The molecule has 1 aromatic heterocycles. The van der Waals surface area contributed by atoms with Crippen LogP contribution >= 0.6 is 11.6 Å². The molecule has 5 heteroatoms. The minimum atomic E-state index is -0.108. The molecule has 1 aromatic rings. The molecule has 0 saturated carbocycles. The molecule has 0 fully saturated rings. The number of aromatic nitrogens is 1. The van der Waals surface area contributed by atoms with E-state index < -0.39 is 0 Å². The van der Waals surface area contributed by atoms with E-state index in [1.54, 1.807) is 19.2 Å². The molecular formula is C14H21ClN2O2. The smallest absolute Gasteiger partial charge is 0.251 e. The van der Waals surface area contributed by atoms with Crippen LogP contribution in [0.3, 0.4) is 0 Å². The van der Waals surface area contributed by atoms with Crippen molar-refractivity contribution in [2.24, 2.45) is 0 Å². The Morgan fingerprint density at radius 1 is 1.42 bits per heavy atom. The second-order valence-electron chi connectivity index (χ2n) is 4.71. The Morgan fingerprint density at radius 2 is 2.16 bits per heavy atom. The van der Waals surface area contributed by atoms with Crippen LogP contribution in [0.5, 0.6) is 0 Å². The first-order valence-electron chi connectivity index (χ1n) is 6.49. The summed E-state index contributed by atoms with van der Waals surface area (Å²) in [5.74, 6) is 0.135. The topological polar surface area (TPSA) is 51.2 Å². The molecule has 0 spiro atoms. The molecule has 19 heavy (non-hydrogen) atoms. The van der Waals surface area contributed by atoms with Gasteiger partial charge in [-0.15, -0.1) is 0 Å². The first-order valence-corrected chi connectivity index (χ1v) is 6.87. The van der Waals surface area contributed by atoms with Crippen LogP contribution < -0.4 is 5.32 Å². The maximum absolute atomic E-state index is 12.0. The number of hydrogen-bond acceptors (Lipinski definition) is 3. The lowest BCUT2D eigenvalue weighted by Gasteiger charge is -2.09. The van der Waals surface area contributed by atoms with Gasteiger partial charge in [-0.3, -0.25) is 4.79 Å². The number of hydrogen-bond donors (Lipinski definition) is 1. The van der Waals surface area contributed by atoms with Crippen LogP contribution in [-0.2, 0) is 4.74 Å². The fourth-order valence-corrected chi connectivity index (χ4v) is 1.83. The van der Waals surface area contributed by atoms with Crippen molar-refractivity contribution in [1.29, 1.82) is 0 Å². The average Bonchev–Trinajstić information content (AvgIpc) is 2.37. The number of halogens is 1. The summed E-state index contributed by atoms with van der Waals surface area (Å²) in [7, 11) is 1.67. The van der Waals surface area contributed by atoms with Crippen molar-refractivity contribution < 1.29 is 9.53 Å². The number of carbonyl (C=O) groups is 1. The summed E-state index contributed by atoms with van der Waals surface area (Å²) in [6.07, 6.45) is 1.83. The fraction of sp³-hybridized carbons (Fsp3) is 0.571. The molecule has 0 aromatic carbocycles. The number of unbranched alkanes of at least 4 members (excludes halogenated alkanes) is 1. The van der Waals surface area contributed by atoms with E-state index in [-0.39, 0.29) is 11.8 Å². The molecule has 0 unspecified atom stereocenters. The average molecular weight is 285 g/mol. The standard InChI is InChI=1S/C14H21ClN2O2/c1-10(2)12-8-11(9-13(15)17-12)14(18)16-6-4-5-7-19-3/h8-10H,4-7H2,1-3H3,(H,16,18). The summed E-state index contributed by atoms with van der Waals surface area (Å²) in [6.45, 7) is 5.39. The van der Waals surface area contributed by atoms with Crippen LogP contribution in [-0.4, -0.2) is 31.2 Å². The van der Waals surface area contributed by atoms with E-state index in [0.717, 1.165) is 18.5 Å². The molecule has 0 atom stereocenters. The molecule has 0 aliphatic carbocycles. The van der Waals surface area contributed by atoms with E-state index in [9.17, 15) is 4.79 Å². The van der Waals surface area contributed by atoms with E-state index in [1.165, 1.54) is 0 Å². The molecule has 0 aliphatic heterocycles. The monoisotopic (exact) mass is 284 g/mol. The van der Waals surface area contributed by atoms with Crippen LogP contribution in [0.2, 0.25) is 5.15 Å². The predicted molar refractivity (Wildman–Crippen MR) is 76.8 cm³/mol. The number of methoxy groups -OCH3 is 1. The van der Waals surface area contributed by atoms with Gasteiger partial charge in [0, 0.05) is 31.5 Å². The van der Waals surface area contributed by atoms with Crippen molar-refractivity contribution in [1.82, 2.24) is 10.3 Å². The van der Waals surface area contributed by atoms with Crippen molar-refractivity contribution in [3.05, 3.63) is 28.5 Å². The van der Waals surface area contributed by atoms with Crippen molar-refractivity contribution in [3.63, 3.8) is 0 Å². The third-order valence-electron chi connectivity index (χ3n) is 2.73. The molecule has 106 valence electrons. The lowest BCUT2D eigenvalue weighted by Crippen LogP contribution is -2.25. The summed E-state index contributed by atoms with van der Waals surface area (Å²) in [4.78, 5) is 16.2. The third-order valence-corrected chi connectivity index (χ3v) is 2.92. The van der Waals surface area contributed by atoms with Crippen LogP contribution in [0.15, 0.2) is 12.1 Å². The van der Waals surface area contributed by atoms with Crippen LogP contribution in [0, 0.1) is 0 Å². The summed E-state index contributed by atoms with van der Waals surface area (Å²) < 4.78 is 4.95. The maximum Gasteiger partial charge on any atom is 0.251 e. The van der Waals surface area contributed by atoms with Crippen LogP contribution in [0.25, 0.3) is 0 Å². The minimum Gasteiger partial charge on any atom is -0.385 e. The van der Waals surface area contributed by atoms with Gasteiger partial charge in [0.2, 0.25) is 0 Å². The van der Waals surface area contributed by atoms with Gasteiger partial charge in [0.05, 0.1) is 0 Å². The van der Waals surface area contributed by atoms with Gasteiger partial charge in [-0.05, 0) is 30.9 Å². The number of rotatable bonds is 7. The largest absolute Gasteiger partial charge is 0.385 e. The van der Waals surface area contributed by atoms with E-state index in [1.807, 2.05) is 13.8 Å². The lowest BCUT2D eigenvalue weighted by atomic mass is 10.1. The van der Waals surface area contributed by atoms with E-state index in [2.05, 4.69) is 10.3 Å². The van der Waals surface area contributed by atoms with Crippen LogP contribution in [0.4, 0.5) is 0 Å².